The Morgan fingerprint density at radius 2 is 2.04 bits per heavy atom. The maximum atomic E-state index is 5.96. The van der Waals surface area contributed by atoms with Gasteiger partial charge in [0, 0.05) is 18.7 Å². The lowest BCUT2D eigenvalue weighted by Crippen LogP contribution is -2.38. The molecule has 1 aliphatic carbocycles. The summed E-state index contributed by atoms with van der Waals surface area (Å²) in [5, 5.41) is 6.70. The number of hydrogen-bond donors (Lipinski definition) is 2. The van der Waals surface area contributed by atoms with Crippen molar-refractivity contribution in [2.24, 2.45) is 10.9 Å². The van der Waals surface area contributed by atoms with Gasteiger partial charge in [0.05, 0.1) is 13.2 Å². The van der Waals surface area contributed by atoms with Gasteiger partial charge in [0.15, 0.2) is 5.96 Å². The fourth-order valence-electron chi connectivity index (χ4n) is 2.38. The van der Waals surface area contributed by atoms with Crippen molar-refractivity contribution < 1.29 is 4.74 Å². The molecule has 0 saturated heterocycles. The number of benzene rings is 1. The molecule has 5 heteroatoms. The quantitative estimate of drug-likeness (QED) is 0.393. The molecule has 2 N–H and O–H groups in total. The standard InChI is InChI=1S/C19H32N4O/c1-4-20-19(21-12-7-13-23(2)3)22-14-17-8-5-6-9-18(17)24-15-16-10-11-16/h5-6,8-9,16H,4,7,10-15H2,1-3H3,(H2,20,21,22). The molecule has 0 amide bonds. The number of rotatable bonds is 10. The van der Waals surface area contributed by atoms with Crippen LogP contribution >= 0.6 is 0 Å². The van der Waals surface area contributed by atoms with Crippen molar-refractivity contribution in [3.8, 4) is 5.75 Å². The van der Waals surface area contributed by atoms with Crippen molar-refractivity contribution in [1.82, 2.24) is 15.5 Å². The van der Waals surface area contributed by atoms with Crippen LogP contribution in [0, 0.1) is 5.92 Å². The van der Waals surface area contributed by atoms with Crippen LogP contribution in [-0.4, -0.2) is 51.2 Å². The summed E-state index contributed by atoms with van der Waals surface area (Å²) in [5.41, 5.74) is 1.14. The smallest absolute Gasteiger partial charge is 0.191 e. The van der Waals surface area contributed by atoms with Gasteiger partial charge >= 0.3 is 0 Å². The van der Waals surface area contributed by atoms with Crippen LogP contribution in [0.5, 0.6) is 5.75 Å². The van der Waals surface area contributed by atoms with E-state index in [0.717, 1.165) is 55.9 Å². The summed E-state index contributed by atoms with van der Waals surface area (Å²) in [6.45, 7) is 6.41. The molecule has 2 rings (SSSR count). The van der Waals surface area contributed by atoms with Gasteiger partial charge in [0.1, 0.15) is 5.75 Å². The van der Waals surface area contributed by atoms with E-state index in [1.807, 2.05) is 18.2 Å². The molecule has 1 aliphatic rings. The summed E-state index contributed by atoms with van der Waals surface area (Å²) in [4.78, 5) is 6.90. The molecular weight excluding hydrogens is 300 g/mol. The van der Waals surface area contributed by atoms with Crippen molar-refractivity contribution >= 4 is 5.96 Å². The highest BCUT2D eigenvalue weighted by molar-refractivity contribution is 5.79. The zero-order valence-corrected chi connectivity index (χ0v) is 15.3. The van der Waals surface area contributed by atoms with Gasteiger partial charge in [0.2, 0.25) is 0 Å². The average molecular weight is 332 g/mol. The monoisotopic (exact) mass is 332 g/mol. The molecule has 24 heavy (non-hydrogen) atoms. The van der Waals surface area contributed by atoms with Gasteiger partial charge in [0.25, 0.3) is 0 Å². The predicted octanol–water partition coefficient (Wildman–Crippen LogP) is 2.48. The number of nitrogens with zero attached hydrogens (tertiary/aromatic N) is 2. The SMILES string of the molecule is CCNC(=NCc1ccccc1OCC1CC1)NCCCN(C)C. The number of ether oxygens (including phenoxy) is 1. The summed E-state index contributed by atoms with van der Waals surface area (Å²) < 4.78 is 5.96. The van der Waals surface area contributed by atoms with Crippen LogP contribution in [0.25, 0.3) is 0 Å². The first-order valence-corrected chi connectivity index (χ1v) is 9.06. The average Bonchev–Trinajstić information content (AvgIpc) is 3.39. The van der Waals surface area contributed by atoms with Crippen molar-refractivity contribution in [2.75, 3.05) is 40.3 Å². The van der Waals surface area contributed by atoms with Gasteiger partial charge in [-0.3, -0.25) is 0 Å². The Balaban J connectivity index is 1.87. The van der Waals surface area contributed by atoms with Crippen LogP contribution in [0.15, 0.2) is 29.3 Å². The molecule has 0 aromatic heterocycles. The second-order valence-corrected chi connectivity index (χ2v) is 6.64. The molecule has 5 nitrogen and oxygen atoms in total. The van der Waals surface area contributed by atoms with Gasteiger partial charge in [-0.2, -0.15) is 0 Å². The fourth-order valence-corrected chi connectivity index (χ4v) is 2.38. The highest BCUT2D eigenvalue weighted by Gasteiger charge is 2.22. The highest BCUT2D eigenvalue weighted by Crippen LogP contribution is 2.30. The zero-order valence-electron chi connectivity index (χ0n) is 15.3. The number of guanidine groups is 1. The van der Waals surface area contributed by atoms with Crippen LogP contribution < -0.4 is 15.4 Å². The molecule has 1 fully saturated rings. The third-order valence-electron chi connectivity index (χ3n) is 3.97. The molecule has 1 aromatic carbocycles. The number of aliphatic imine (C=N–C) groups is 1. The molecule has 0 spiro atoms. The third-order valence-corrected chi connectivity index (χ3v) is 3.97. The number of hydrogen-bond acceptors (Lipinski definition) is 3. The van der Waals surface area contributed by atoms with Crippen molar-refractivity contribution in [3.63, 3.8) is 0 Å². The summed E-state index contributed by atoms with van der Waals surface area (Å²) in [6.07, 6.45) is 3.71. The minimum Gasteiger partial charge on any atom is -0.493 e. The molecule has 0 aliphatic heterocycles. The lowest BCUT2D eigenvalue weighted by molar-refractivity contribution is 0.297. The minimum absolute atomic E-state index is 0.629. The Bertz CT molecular complexity index is 512. The maximum Gasteiger partial charge on any atom is 0.191 e. The highest BCUT2D eigenvalue weighted by atomic mass is 16.5. The predicted molar refractivity (Wildman–Crippen MR) is 101 cm³/mol. The molecular formula is C19H32N4O. The van der Waals surface area contributed by atoms with E-state index in [2.05, 4.69) is 42.6 Å². The van der Waals surface area contributed by atoms with Gasteiger partial charge < -0.3 is 20.3 Å². The second kappa shape index (κ2) is 10.2. The lowest BCUT2D eigenvalue weighted by Gasteiger charge is -2.14. The molecule has 0 atom stereocenters. The normalized spacial score (nSPS) is 14.8. The first kappa shape index (κ1) is 18.6. The topological polar surface area (TPSA) is 48.9 Å². The first-order valence-electron chi connectivity index (χ1n) is 9.06. The number of para-hydroxylation sites is 1. The minimum atomic E-state index is 0.629. The van der Waals surface area contributed by atoms with Gasteiger partial charge in [-0.05, 0) is 58.8 Å². The van der Waals surface area contributed by atoms with E-state index in [0.29, 0.717) is 6.54 Å². The Labute approximate surface area is 146 Å². The molecule has 1 aromatic rings. The van der Waals surface area contributed by atoms with Crippen LogP contribution in [0.3, 0.4) is 0 Å². The number of nitrogens with one attached hydrogen (secondary N) is 2. The van der Waals surface area contributed by atoms with E-state index < -0.39 is 0 Å². The Morgan fingerprint density at radius 1 is 1.25 bits per heavy atom. The molecule has 0 radical (unpaired) electrons. The largest absolute Gasteiger partial charge is 0.493 e. The molecule has 0 bridgehead atoms. The van der Waals surface area contributed by atoms with Crippen molar-refractivity contribution in [1.29, 1.82) is 0 Å². The summed E-state index contributed by atoms with van der Waals surface area (Å²) in [6, 6.07) is 8.22. The summed E-state index contributed by atoms with van der Waals surface area (Å²) in [5.74, 6) is 2.60. The van der Waals surface area contributed by atoms with E-state index in [1.54, 1.807) is 0 Å². The summed E-state index contributed by atoms with van der Waals surface area (Å²) in [7, 11) is 4.19. The van der Waals surface area contributed by atoms with Crippen LogP contribution in [0.1, 0.15) is 31.7 Å². The van der Waals surface area contributed by atoms with E-state index in [1.165, 1.54) is 12.8 Å². The molecule has 1 saturated carbocycles. The Kier molecular flexibility index (Phi) is 7.89. The third kappa shape index (κ3) is 7.21. The molecule has 134 valence electrons. The Morgan fingerprint density at radius 3 is 2.75 bits per heavy atom. The molecule has 0 unspecified atom stereocenters. The molecule has 0 heterocycles. The Hall–Kier alpha value is -1.75. The second-order valence-electron chi connectivity index (χ2n) is 6.64. The van der Waals surface area contributed by atoms with Crippen molar-refractivity contribution in [3.05, 3.63) is 29.8 Å². The van der Waals surface area contributed by atoms with E-state index in [9.17, 15) is 0 Å². The zero-order chi connectivity index (χ0) is 17.2. The first-order chi connectivity index (χ1) is 11.7. The van der Waals surface area contributed by atoms with E-state index in [4.69, 9.17) is 9.73 Å². The fraction of sp³-hybridized carbons (Fsp3) is 0.632. The van der Waals surface area contributed by atoms with Crippen LogP contribution in [0.2, 0.25) is 0 Å². The van der Waals surface area contributed by atoms with Crippen molar-refractivity contribution in [2.45, 2.75) is 32.7 Å². The van der Waals surface area contributed by atoms with E-state index in [-0.39, 0.29) is 0 Å². The van der Waals surface area contributed by atoms with Gasteiger partial charge in [-0.25, -0.2) is 4.99 Å². The lowest BCUT2D eigenvalue weighted by atomic mass is 10.2. The van der Waals surface area contributed by atoms with Gasteiger partial charge in [-0.1, -0.05) is 18.2 Å². The van der Waals surface area contributed by atoms with Gasteiger partial charge in [-0.15, -0.1) is 0 Å². The van der Waals surface area contributed by atoms with Crippen LogP contribution in [0.4, 0.5) is 0 Å². The maximum absolute atomic E-state index is 5.96. The van der Waals surface area contributed by atoms with Crippen LogP contribution in [-0.2, 0) is 6.54 Å². The van der Waals surface area contributed by atoms with E-state index >= 15 is 0 Å². The summed E-state index contributed by atoms with van der Waals surface area (Å²) >= 11 is 0.